The number of carbonyl (C=O) groups is 2. The molecule has 1 saturated heterocycles. The number of esters is 2. The Balaban J connectivity index is 2.47. The Morgan fingerprint density at radius 3 is 1.61 bits per heavy atom. The fourth-order valence-corrected chi connectivity index (χ4v) is 7.48. The maximum Gasteiger partial charge on any atom is 0.306 e. The highest BCUT2D eigenvalue weighted by atomic mass is 32.2. The van der Waals surface area contributed by atoms with E-state index in [9.17, 15) is 37.9 Å². The standard InChI is InChI=1S/C44H80O12S/c1-3-5-7-9-11-13-15-17-18-19-21-22-24-26-28-30-32-39(45)53-34-37(35-54-44-43(49)42(48)41(47)38(56-44)36-57(50,51)52)55-40(46)33-31-29-27-25-23-20-16-14-12-10-8-6-4-2/h20,23,27,29,37-38,41-44,47-49H,3-19,21-22,24-26,28,30-36H2,1-2H3,(H,50,51,52)/b23-20+,29-27+/t37?,38-,41-,42?,43?,44+/m1/s1. The highest BCUT2D eigenvalue weighted by Crippen LogP contribution is 2.24. The van der Waals surface area contributed by atoms with Crippen molar-refractivity contribution in [2.75, 3.05) is 19.0 Å². The number of rotatable bonds is 37. The maximum absolute atomic E-state index is 12.7. The molecule has 13 heteroatoms. The van der Waals surface area contributed by atoms with Crippen molar-refractivity contribution in [2.24, 2.45) is 0 Å². The number of ether oxygens (including phenoxy) is 4. The summed E-state index contributed by atoms with van der Waals surface area (Å²) in [6.07, 6.45) is 28.1. The van der Waals surface area contributed by atoms with Crippen LogP contribution in [0.4, 0.5) is 0 Å². The fraction of sp³-hybridized carbons (Fsp3) is 0.864. The van der Waals surface area contributed by atoms with Gasteiger partial charge in [0, 0.05) is 12.8 Å². The van der Waals surface area contributed by atoms with Crippen LogP contribution in [0.1, 0.15) is 187 Å². The van der Waals surface area contributed by atoms with Crippen LogP contribution in [0.3, 0.4) is 0 Å². The van der Waals surface area contributed by atoms with Crippen molar-refractivity contribution >= 4 is 22.1 Å². The summed E-state index contributed by atoms with van der Waals surface area (Å²) in [6.45, 7) is 3.70. The lowest BCUT2D eigenvalue weighted by Gasteiger charge is -2.40. The first-order valence-corrected chi connectivity index (χ1v) is 24.0. The third kappa shape index (κ3) is 29.9. The number of unbranched alkanes of at least 4 members (excludes halogenated alkanes) is 21. The summed E-state index contributed by atoms with van der Waals surface area (Å²) >= 11 is 0. The second kappa shape index (κ2) is 34.9. The van der Waals surface area contributed by atoms with Gasteiger partial charge < -0.3 is 34.3 Å². The molecule has 4 N–H and O–H groups in total. The summed E-state index contributed by atoms with van der Waals surface area (Å²) in [6, 6.07) is 0. The second-order valence-electron chi connectivity index (χ2n) is 15.7. The molecule has 57 heavy (non-hydrogen) atoms. The summed E-state index contributed by atoms with van der Waals surface area (Å²) in [5.41, 5.74) is 0. The van der Waals surface area contributed by atoms with Crippen molar-refractivity contribution in [1.29, 1.82) is 0 Å². The Morgan fingerprint density at radius 1 is 0.596 bits per heavy atom. The van der Waals surface area contributed by atoms with Gasteiger partial charge in [0.1, 0.15) is 36.8 Å². The molecule has 0 spiro atoms. The van der Waals surface area contributed by atoms with E-state index in [4.69, 9.17) is 18.9 Å². The lowest BCUT2D eigenvalue weighted by Crippen LogP contribution is -2.60. The molecule has 0 bridgehead atoms. The average molecular weight is 833 g/mol. The highest BCUT2D eigenvalue weighted by molar-refractivity contribution is 7.85. The zero-order chi connectivity index (χ0) is 42.0. The third-order valence-electron chi connectivity index (χ3n) is 10.3. The van der Waals surface area contributed by atoms with Crippen LogP contribution < -0.4 is 0 Å². The second-order valence-corrected chi connectivity index (χ2v) is 17.2. The summed E-state index contributed by atoms with van der Waals surface area (Å²) in [5, 5.41) is 30.8. The average Bonchev–Trinajstić information content (AvgIpc) is 3.17. The van der Waals surface area contributed by atoms with E-state index < -0.39 is 71.2 Å². The molecule has 1 aliphatic rings. The van der Waals surface area contributed by atoms with Gasteiger partial charge in [-0.25, -0.2) is 0 Å². The smallest absolute Gasteiger partial charge is 0.306 e. The molecular weight excluding hydrogens is 753 g/mol. The predicted octanol–water partition coefficient (Wildman–Crippen LogP) is 8.84. The van der Waals surface area contributed by atoms with Crippen LogP contribution in [0.5, 0.6) is 0 Å². The van der Waals surface area contributed by atoms with E-state index in [1.807, 2.05) is 12.2 Å². The first-order valence-electron chi connectivity index (χ1n) is 22.4. The van der Waals surface area contributed by atoms with Crippen LogP contribution >= 0.6 is 0 Å². The number of allylic oxidation sites excluding steroid dienone is 4. The predicted molar refractivity (Wildman–Crippen MR) is 224 cm³/mol. The zero-order valence-corrected chi connectivity index (χ0v) is 36.3. The molecule has 1 fully saturated rings. The van der Waals surface area contributed by atoms with Crippen LogP contribution in [0.25, 0.3) is 0 Å². The molecule has 0 saturated carbocycles. The Bertz CT molecular complexity index is 1160. The first-order chi connectivity index (χ1) is 27.5. The van der Waals surface area contributed by atoms with E-state index in [1.165, 1.54) is 116 Å². The molecule has 0 aromatic heterocycles. The summed E-state index contributed by atoms with van der Waals surface area (Å²) < 4.78 is 53.9. The highest BCUT2D eigenvalue weighted by Gasteiger charge is 2.46. The van der Waals surface area contributed by atoms with E-state index >= 15 is 0 Å². The van der Waals surface area contributed by atoms with Crippen molar-refractivity contribution in [3.63, 3.8) is 0 Å². The maximum atomic E-state index is 12.7. The minimum atomic E-state index is -4.60. The van der Waals surface area contributed by atoms with Crippen LogP contribution in [0, 0.1) is 0 Å². The van der Waals surface area contributed by atoms with Gasteiger partial charge in [-0.05, 0) is 32.1 Å². The van der Waals surface area contributed by atoms with Crippen LogP contribution in [0.2, 0.25) is 0 Å². The van der Waals surface area contributed by atoms with Gasteiger partial charge in [0.25, 0.3) is 10.1 Å². The van der Waals surface area contributed by atoms with Gasteiger partial charge >= 0.3 is 11.9 Å². The first kappa shape index (κ1) is 53.1. The number of aliphatic hydroxyl groups is 3. The molecule has 6 atom stereocenters. The molecule has 0 aromatic carbocycles. The van der Waals surface area contributed by atoms with Crippen LogP contribution in [-0.2, 0) is 38.7 Å². The molecule has 1 aliphatic heterocycles. The van der Waals surface area contributed by atoms with Gasteiger partial charge in [-0.3, -0.25) is 14.1 Å². The Kier molecular flexibility index (Phi) is 32.6. The van der Waals surface area contributed by atoms with Crippen LogP contribution in [0.15, 0.2) is 24.3 Å². The largest absolute Gasteiger partial charge is 0.462 e. The third-order valence-corrected chi connectivity index (χ3v) is 11.0. The lowest BCUT2D eigenvalue weighted by molar-refractivity contribution is -0.297. The number of carbonyl (C=O) groups excluding carboxylic acids is 2. The number of hydrogen-bond donors (Lipinski definition) is 4. The van der Waals surface area contributed by atoms with Gasteiger partial charge in [-0.1, -0.05) is 167 Å². The summed E-state index contributed by atoms with van der Waals surface area (Å²) in [5.74, 6) is -2.06. The molecular formula is C44H80O12S. The summed E-state index contributed by atoms with van der Waals surface area (Å²) in [7, 11) is -4.60. The quantitative estimate of drug-likeness (QED) is 0.0202. The molecule has 334 valence electrons. The minimum Gasteiger partial charge on any atom is -0.462 e. The fourth-order valence-electron chi connectivity index (χ4n) is 6.79. The van der Waals surface area contributed by atoms with Crippen LogP contribution in [-0.4, -0.2) is 96.0 Å². The monoisotopic (exact) mass is 833 g/mol. The zero-order valence-electron chi connectivity index (χ0n) is 35.4. The van der Waals surface area contributed by atoms with Gasteiger partial charge in [-0.15, -0.1) is 0 Å². The number of hydrogen-bond acceptors (Lipinski definition) is 11. The van der Waals surface area contributed by atoms with Gasteiger partial charge in [-0.2, -0.15) is 8.42 Å². The molecule has 1 heterocycles. The van der Waals surface area contributed by atoms with E-state index in [-0.39, 0.29) is 19.4 Å². The van der Waals surface area contributed by atoms with Gasteiger partial charge in [0.15, 0.2) is 12.4 Å². The SMILES string of the molecule is CCCCCCCC/C=C/C/C=C/CCC(=O)OC(COC(=O)CCCCCCCCCCCCCCCCCC)CO[C@H]1O[C@H](CS(=O)(=O)O)[C@@H](O)C(O)C1O. The molecule has 0 aliphatic carbocycles. The topological polar surface area (TPSA) is 186 Å². The lowest BCUT2D eigenvalue weighted by atomic mass is 10.00. The van der Waals surface area contributed by atoms with Crippen molar-refractivity contribution < 1.29 is 56.8 Å². The molecule has 0 amide bonds. The minimum absolute atomic E-state index is 0.0610. The number of aliphatic hydroxyl groups excluding tert-OH is 3. The normalized spacial score (nSPS) is 20.7. The Hall–Kier alpha value is -1.87. The van der Waals surface area contributed by atoms with E-state index in [1.54, 1.807) is 0 Å². The van der Waals surface area contributed by atoms with E-state index in [0.29, 0.717) is 12.8 Å². The van der Waals surface area contributed by atoms with Crippen molar-refractivity contribution in [1.82, 2.24) is 0 Å². The molecule has 1 rings (SSSR count). The van der Waals surface area contributed by atoms with E-state index in [0.717, 1.165) is 32.1 Å². The summed E-state index contributed by atoms with van der Waals surface area (Å²) in [4.78, 5) is 25.3. The Labute approximate surface area is 345 Å². The molecule has 3 unspecified atom stereocenters. The van der Waals surface area contributed by atoms with Gasteiger partial charge in [0.05, 0.1) is 6.61 Å². The van der Waals surface area contributed by atoms with Gasteiger partial charge in [0.2, 0.25) is 0 Å². The van der Waals surface area contributed by atoms with E-state index in [2.05, 4.69) is 26.0 Å². The van der Waals surface area contributed by atoms with Crippen molar-refractivity contribution in [3.8, 4) is 0 Å². The molecule has 0 aromatic rings. The van der Waals surface area contributed by atoms with Crippen molar-refractivity contribution in [3.05, 3.63) is 24.3 Å². The van der Waals surface area contributed by atoms with Crippen molar-refractivity contribution in [2.45, 2.75) is 224 Å². The molecule has 12 nitrogen and oxygen atoms in total. The Morgan fingerprint density at radius 2 is 1.09 bits per heavy atom. The molecule has 0 radical (unpaired) electrons.